The highest BCUT2D eigenvalue weighted by atomic mass is 32.2. The zero-order valence-electron chi connectivity index (χ0n) is 15.8. The average Bonchev–Trinajstić information content (AvgIpc) is 3.00. The van der Waals surface area contributed by atoms with E-state index in [9.17, 15) is 4.79 Å². The lowest BCUT2D eigenvalue weighted by Gasteiger charge is -2.26. The maximum absolute atomic E-state index is 12.3. The van der Waals surface area contributed by atoms with Crippen LogP contribution >= 0.6 is 11.8 Å². The van der Waals surface area contributed by atoms with Crippen LogP contribution < -0.4 is 9.47 Å². The summed E-state index contributed by atoms with van der Waals surface area (Å²) in [4.78, 5) is 16.7. The van der Waals surface area contributed by atoms with Crippen molar-refractivity contribution in [1.82, 2.24) is 9.80 Å². The summed E-state index contributed by atoms with van der Waals surface area (Å²) in [5.74, 6) is 2.24. The van der Waals surface area contributed by atoms with Gasteiger partial charge in [-0.3, -0.25) is 4.79 Å². The van der Waals surface area contributed by atoms with Crippen molar-refractivity contribution in [2.45, 2.75) is 32.6 Å². The smallest absolute Gasteiger partial charge is 0.233 e. The van der Waals surface area contributed by atoms with E-state index in [4.69, 9.17) is 9.47 Å². The first kappa shape index (κ1) is 19.9. The van der Waals surface area contributed by atoms with Gasteiger partial charge < -0.3 is 19.3 Å². The zero-order valence-corrected chi connectivity index (χ0v) is 16.6. The number of benzene rings is 1. The Hall–Kier alpha value is -1.40. The predicted molar refractivity (Wildman–Crippen MR) is 103 cm³/mol. The highest BCUT2D eigenvalue weighted by Gasteiger charge is 2.32. The summed E-state index contributed by atoms with van der Waals surface area (Å²) in [5.41, 5.74) is 1.10. The Morgan fingerprint density at radius 2 is 2.00 bits per heavy atom. The fourth-order valence-electron chi connectivity index (χ4n) is 3.09. The van der Waals surface area contributed by atoms with Crippen LogP contribution in [0.2, 0.25) is 0 Å². The maximum atomic E-state index is 12.3. The van der Waals surface area contributed by atoms with Gasteiger partial charge in [-0.2, -0.15) is 0 Å². The number of carbonyl (C=O) groups excluding carboxylic acids is 1. The number of hydrogen-bond acceptors (Lipinski definition) is 5. The van der Waals surface area contributed by atoms with Crippen LogP contribution in [0.3, 0.4) is 0 Å². The quantitative estimate of drug-likeness (QED) is 0.635. The molecule has 1 aromatic rings. The van der Waals surface area contributed by atoms with Crippen LogP contribution in [0.4, 0.5) is 0 Å². The third-order valence-corrected chi connectivity index (χ3v) is 5.76. The number of nitrogens with zero attached hydrogens (tertiary/aromatic N) is 2. The lowest BCUT2D eigenvalue weighted by atomic mass is 10.1. The summed E-state index contributed by atoms with van der Waals surface area (Å²) in [5, 5.41) is 0.0642. The van der Waals surface area contributed by atoms with Gasteiger partial charge in [-0.1, -0.05) is 19.9 Å². The van der Waals surface area contributed by atoms with Crippen LogP contribution in [0.1, 0.15) is 38.1 Å². The minimum absolute atomic E-state index is 0.0642. The normalized spacial score (nSPS) is 17.4. The van der Waals surface area contributed by atoms with Gasteiger partial charge in [0.25, 0.3) is 0 Å². The van der Waals surface area contributed by atoms with Gasteiger partial charge >= 0.3 is 0 Å². The van der Waals surface area contributed by atoms with E-state index in [1.807, 2.05) is 30.0 Å². The Balaban J connectivity index is 2.08. The molecule has 2 rings (SSSR count). The summed E-state index contributed by atoms with van der Waals surface area (Å²) < 4.78 is 11.0. The molecule has 5 nitrogen and oxygen atoms in total. The van der Waals surface area contributed by atoms with E-state index in [-0.39, 0.29) is 11.3 Å². The molecule has 0 saturated carbocycles. The van der Waals surface area contributed by atoms with Crippen LogP contribution in [-0.2, 0) is 4.79 Å². The molecule has 1 amide bonds. The molecule has 1 fully saturated rings. The first-order chi connectivity index (χ1) is 12.1. The van der Waals surface area contributed by atoms with Gasteiger partial charge in [0.15, 0.2) is 11.5 Å². The van der Waals surface area contributed by atoms with E-state index < -0.39 is 0 Å². The Bertz CT molecular complexity index is 564. The molecule has 140 valence electrons. The third kappa shape index (κ3) is 5.05. The Morgan fingerprint density at radius 3 is 2.64 bits per heavy atom. The van der Waals surface area contributed by atoms with Crippen molar-refractivity contribution >= 4 is 17.7 Å². The van der Waals surface area contributed by atoms with Gasteiger partial charge in [-0.25, -0.2) is 0 Å². The lowest BCUT2D eigenvalue weighted by Crippen LogP contribution is -2.32. The van der Waals surface area contributed by atoms with E-state index >= 15 is 0 Å². The maximum Gasteiger partial charge on any atom is 0.233 e. The first-order valence-electron chi connectivity index (χ1n) is 9.08. The average molecular weight is 367 g/mol. The highest BCUT2D eigenvalue weighted by molar-refractivity contribution is 8.00. The molecule has 1 atom stereocenters. The molecule has 1 unspecified atom stereocenters. The number of amides is 1. The number of methoxy groups -OCH3 is 1. The van der Waals surface area contributed by atoms with Crippen molar-refractivity contribution in [3.05, 3.63) is 23.8 Å². The molecule has 1 heterocycles. The van der Waals surface area contributed by atoms with Crippen molar-refractivity contribution in [2.24, 2.45) is 0 Å². The van der Waals surface area contributed by atoms with Crippen LogP contribution in [-0.4, -0.2) is 61.4 Å². The molecule has 1 saturated heterocycles. The van der Waals surface area contributed by atoms with Gasteiger partial charge in [-0.05, 0) is 50.7 Å². The number of hydrogen-bond donors (Lipinski definition) is 0. The fourth-order valence-corrected chi connectivity index (χ4v) is 4.30. The van der Waals surface area contributed by atoms with E-state index in [0.29, 0.717) is 12.4 Å². The second-order valence-electron chi connectivity index (χ2n) is 5.97. The number of carbonyl (C=O) groups is 1. The fraction of sp³-hybridized carbons (Fsp3) is 0.632. The molecule has 1 aliphatic heterocycles. The predicted octanol–water partition coefficient (Wildman–Crippen LogP) is 3.40. The molecule has 6 heteroatoms. The van der Waals surface area contributed by atoms with Crippen molar-refractivity contribution in [1.29, 1.82) is 0 Å². The lowest BCUT2D eigenvalue weighted by molar-refractivity contribution is -0.128. The van der Waals surface area contributed by atoms with Gasteiger partial charge in [0.05, 0.1) is 19.5 Å². The summed E-state index contributed by atoms with van der Waals surface area (Å²) in [6.07, 6.45) is 0.999. The second-order valence-corrected chi connectivity index (χ2v) is 7.04. The van der Waals surface area contributed by atoms with Crippen LogP contribution in [0.5, 0.6) is 11.5 Å². The summed E-state index contributed by atoms with van der Waals surface area (Å²) >= 11 is 1.69. The zero-order chi connectivity index (χ0) is 18.2. The molecule has 0 aromatic heterocycles. The molecule has 0 radical (unpaired) electrons. The molecule has 1 aliphatic rings. The van der Waals surface area contributed by atoms with Crippen molar-refractivity contribution in [3.8, 4) is 11.5 Å². The summed E-state index contributed by atoms with van der Waals surface area (Å²) in [6.45, 7) is 10.8. The largest absolute Gasteiger partial charge is 0.493 e. The summed E-state index contributed by atoms with van der Waals surface area (Å²) in [7, 11) is 1.64. The van der Waals surface area contributed by atoms with Gasteiger partial charge in [0, 0.05) is 6.54 Å². The van der Waals surface area contributed by atoms with Crippen LogP contribution in [0.25, 0.3) is 0 Å². The Morgan fingerprint density at radius 1 is 1.24 bits per heavy atom. The molecule has 1 aromatic carbocycles. The minimum Gasteiger partial charge on any atom is -0.493 e. The Kier molecular flexibility index (Phi) is 7.90. The topological polar surface area (TPSA) is 42.0 Å². The van der Waals surface area contributed by atoms with E-state index in [0.717, 1.165) is 49.7 Å². The van der Waals surface area contributed by atoms with E-state index in [2.05, 4.69) is 18.7 Å². The Labute approximate surface area is 155 Å². The number of ether oxygens (including phenoxy) is 2. The number of rotatable bonds is 10. The minimum atomic E-state index is 0.0642. The number of thioether (sulfide) groups is 1. The standard InChI is InChI=1S/C19H30N2O3S/c1-5-20(6-2)11-8-12-21-18(22)14-25-19(21)15-9-10-16(23-4)17(13-15)24-7-3/h9-10,13,19H,5-8,11-12,14H2,1-4H3. The third-order valence-electron chi connectivity index (χ3n) is 4.51. The molecule has 0 bridgehead atoms. The van der Waals surface area contributed by atoms with E-state index in [1.54, 1.807) is 18.9 Å². The van der Waals surface area contributed by atoms with Gasteiger partial charge in [-0.15, -0.1) is 11.8 Å². The molecular weight excluding hydrogens is 336 g/mol. The molecule has 25 heavy (non-hydrogen) atoms. The van der Waals surface area contributed by atoms with Crippen LogP contribution in [0.15, 0.2) is 18.2 Å². The van der Waals surface area contributed by atoms with Gasteiger partial charge in [0.1, 0.15) is 5.37 Å². The van der Waals surface area contributed by atoms with Crippen LogP contribution in [0, 0.1) is 0 Å². The molecule has 0 aliphatic carbocycles. The van der Waals surface area contributed by atoms with Crippen molar-refractivity contribution < 1.29 is 14.3 Å². The second kappa shape index (κ2) is 9.92. The SMILES string of the molecule is CCOc1cc(C2SCC(=O)N2CCCN(CC)CC)ccc1OC. The highest BCUT2D eigenvalue weighted by Crippen LogP contribution is 2.41. The molecular formula is C19H30N2O3S. The van der Waals surface area contributed by atoms with E-state index in [1.165, 1.54) is 0 Å². The first-order valence-corrected chi connectivity index (χ1v) is 10.1. The monoisotopic (exact) mass is 366 g/mol. The molecule has 0 N–H and O–H groups in total. The van der Waals surface area contributed by atoms with Crippen molar-refractivity contribution in [3.63, 3.8) is 0 Å². The molecule has 0 spiro atoms. The van der Waals surface area contributed by atoms with Crippen molar-refractivity contribution in [2.75, 3.05) is 45.6 Å². The van der Waals surface area contributed by atoms with Gasteiger partial charge in [0.2, 0.25) is 5.91 Å². The summed E-state index contributed by atoms with van der Waals surface area (Å²) in [6, 6.07) is 5.97.